The fourth-order valence-electron chi connectivity index (χ4n) is 1.22. The maximum absolute atomic E-state index is 10.8. The molecule has 2 rings (SSSR count). The van der Waals surface area contributed by atoms with Gasteiger partial charge in [-0.15, -0.1) is 0 Å². The lowest BCUT2D eigenvalue weighted by molar-refractivity contribution is -0.117. The molecule has 62 valence electrons. The number of rotatable bonds is 1. The molecule has 0 spiro atoms. The minimum atomic E-state index is -0.252. The normalized spacial score (nSPS) is 20.5. The molecule has 3 nitrogen and oxygen atoms in total. The number of hydrogen-bond acceptors (Lipinski definition) is 3. The Morgan fingerprint density at radius 2 is 2.58 bits per heavy atom. The van der Waals surface area contributed by atoms with Crippen molar-refractivity contribution in [3.63, 3.8) is 0 Å². The van der Waals surface area contributed by atoms with Crippen LogP contribution in [0.4, 0.5) is 0 Å². The van der Waals surface area contributed by atoms with Crippen molar-refractivity contribution in [2.75, 3.05) is 0 Å². The highest BCUT2D eigenvalue weighted by atomic mass is 32.2. The van der Waals surface area contributed by atoms with Gasteiger partial charge >= 0.3 is 0 Å². The number of amides is 1. The van der Waals surface area contributed by atoms with E-state index in [1.165, 1.54) is 11.8 Å². The lowest BCUT2D eigenvalue weighted by atomic mass is 10.1. The third kappa shape index (κ3) is 1.18. The summed E-state index contributed by atoms with van der Waals surface area (Å²) in [5.41, 5.74) is 6.32. The molecular weight excluding hydrogens is 172 g/mol. The quantitative estimate of drug-likeness (QED) is 0.688. The zero-order chi connectivity index (χ0) is 8.55. The lowest BCUT2D eigenvalue weighted by Gasteiger charge is -1.98. The van der Waals surface area contributed by atoms with Crippen molar-refractivity contribution < 1.29 is 4.79 Å². The van der Waals surface area contributed by atoms with Crippen LogP contribution in [-0.2, 0) is 11.2 Å². The highest BCUT2D eigenvalue weighted by Crippen LogP contribution is 2.34. The third-order valence-electron chi connectivity index (χ3n) is 1.83. The first kappa shape index (κ1) is 7.61. The van der Waals surface area contributed by atoms with E-state index in [4.69, 9.17) is 5.73 Å². The van der Waals surface area contributed by atoms with Crippen LogP contribution in [0, 0.1) is 0 Å². The van der Waals surface area contributed by atoms with Gasteiger partial charge in [0.15, 0.2) is 0 Å². The van der Waals surface area contributed by atoms with Gasteiger partial charge in [-0.1, -0.05) is 17.8 Å². The van der Waals surface area contributed by atoms with Crippen LogP contribution in [0.15, 0.2) is 23.4 Å². The first-order chi connectivity index (χ1) is 5.77. The Labute approximate surface area is 74.4 Å². The number of nitrogens with zero attached hydrogens (tertiary/aromatic N) is 1. The fourth-order valence-corrected chi connectivity index (χ4v) is 2.29. The molecule has 0 bridgehead atoms. The summed E-state index contributed by atoms with van der Waals surface area (Å²) in [6.07, 6.45) is 2.46. The van der Waals surface area contributed by atoms with Gasteiger partial charge in [0.2, 0.25) is 5.91 Å². The molecule has 0 saturated heterocycles. The molecule has 0 aromatic carbocycles. The molecule has 12 heavy (non-hydrogen) atoms. The molecule has 1 aliphatic heterocycles. The highest BCUT2D eigenvalue weighted by Gasteiger charge is 2.26. The fraction of sp³-hybridized carbons (Fsp3) is 0.250. The van der Waals surface area contributed by atoms with Crippen molar-refractivity contribution in [2.24, 2.45) is 5.73 Å². The first-order valence-electron chi connectivity index (χ1n) is 3.67. The average molecular weight is 180 g/mol. The number of carbonyl (C=O) groups excluding carboxylic acids is 1. The number of nitrogens with two attached hydrogens (primary N) is 1. The van der Waals surface area contributed by atoms with E-state index in [1.807, 2.05) is 12.1 Å². The van der Waals surface area contributed by atoms with Crippen LogP contribution in [-0.4, -0.2) is 16.1 Å². The summed E-state index contributed by atoms with van der Waals surface area (Å²) in [7, 11) is 0. The summed E-state index contributed by atoms with van der Waals surface area (Å²) in [5, 5.41) is 0.830. The van der Waals surface area contributed by atoms with E-state index in [2.05, 4.69) is 4.98 Å². The molecule has 1 atom stereocenters. The number of primary amides is 1. The number of fused-ring (bicyclic) bond motifs is 1. The topological polar surface area (TPSA) is 56.0 Å². The zero-order valence-corrected chi connectivity index (χ0v) is 7.17. The molecule has 1 unspecified atom stereocenters. The number of carbonyl (C=O) groups is 1. The minimum Gasteiger partial charge on any atom is -0.369 e. The van der Waals surface area contributed by atoms with Crippen LogP contribution in [0.25, 0.3) is 0 Å². The Hall–Kier alpha value is -1.03. The molecule has 1 aliphatic rings. The first-order valence-corrected chi connectivity index (χ1v) is 4.55. The molecular formula is C8H8N2OS. The number of aromatic nitrogens is 1. The molecule has 4 heteroatoms. The van der Waals surface area contributed by atoms with E-state index >= 15 is 0 Å². The predicted molar refractivity (Wildman–Crippen MR) is 46.8 cm³/mol. The summed E-state index contributed by atoms with van der Waals surface area (Å²) in [6.45, 7) is 0. The molecule has 0 aliphatic carbocycles. The van der Waals surface area contributed by atoms with Crippen LogP contribution in [0.3, 0.4) is 0 Å². The SMILES string of the molecule is NC(=O)C1Cc2cccnc2S1. The van der Waals surface area contributed by atoms with Gasteiger partial charge in [-0.25, -0.2) is 4.98 Å². The number of pyridine rings is 1. The van der Waals surface area contributed by atoms with E-state index in [1.54, 1.807) is 6.20 Å². The van der Waals surface area contributed by atoms with Gasteiger partial charge in [0.1, 0.15) is 0 Å². The van der Waals surface area contributed by atoms with E-state index < -0.39 is 0 Å². The van der Waals surface area contributed by atoms with Gasteiger partial charge in [0.25, 0.3) is 0 Å². The summed E-state index contributed by atoms with van der Waals surface area (Å²) in [4.78, 5) is 15.0. The van der Waals surface area contributed by atoms with Crippen LogP contribution >= 0.6 is 11.8 Å². The molecule has 1 aromatic heterocycles. The highest BCUT2D eigenvalue weighted by molar-refractivity contribution is 8.00. The Kier molecular flexibility index (Phi) is 1.77. The number of hydrogen-bond donors (Lipinski definition) is 1. The van der Waals surface area contributed by atoms with Crippen molar-refractivity contribution in [3.8, 4) is 0 Å². The second-order valence-electron chi connectivity index (χ2n) is 2.68. The van der Waals surface area contributed by atoms with E-state index in [9.17, 15) is 4.79 Å². The van der Waals surface area contributed by atoms with Gasteiger partial charge < -0.3 is 5.73 Å². The third-order valence-corrected chi connectivity index (χ3v) is 3.10. The van der Waals surface area contributed by atoms with Crippen molar-refractivity contribution >= 4 is 17.7 Å². The van der Waals surface area contributed by atoms with Crippen molar-refractivity contribution in [2.45, 2.75) is 16.7 Å². The zero-order valence-electron chi connectivity index (χ0n) is 6.36. The Morgan fingerprint density at radius 1 is 1.75 bits per heavy atom. The Balaban J connectivity index is 2.27. The molecule has 0 radical (unpaired) electrons. The minimum absolute atomic E-state index is 0.116. The summed E-state index contributed by atoms with van der Waals surface area (Å²) in [5.74, 6) is -0.252. The largest absolute Gasteiger partial charge is 0.369 e. The van der Waals surface area contributed by atoms with E-state index in [-0.39, 0.29) is 11.2 Å². The van der Waals surface area contributed by atoms with Crippen LogP contribution < -0.4 is 5.73 Å². The van der Waals surface area contributed by atoms with Crippen LogP contribution in [0.5, 0.6) is 0 Å². The smallest absolute Gasteiger partial charge is 0.231 e. The van der Waals surface area contributed by atoms with Crippen molar-refractivity contribution in [1.82, 2.24) is 4.98 Å². The Morgan fingerprint density at radius 3 is 3.25 bits per heavy atom. The van der Waals surface area contributed by atoms with Gasteiger partial charge in [0, 0.05) is 6.20 Å². The average Bonchev–Trinajstić information content (AvgIpc) is 2.46. The standard InChI is InChI=1S/C8H8N2OS/c9-7(11)6-4-5-2-1-3-10-8(5)12-6/h1-3,6H,4H2,(H2,9,11). The molecule has 1 aromatic rings. The van der Waals surface area contributed by atoms with Gasteiger partial charge in [-0.05, 0) is 18.1 Å². The lowest BCUT2D eigenvalue weighted by Crippen LogP contribution is -2.24. The summed E-state index contributed by atoms with van der Waals surface area (Å²) < 4.78 is 0. The molecule has 0 saturated carbocycles. The summed E-state index contributed by atoms with van der Waals surface area (Å²) in [6, 6.07) is 3.86. The van der Waals surface area contributed by atoms with Crippen molar-refractivity contribution in [1.29, 1.82) is 0 Å². The number of thioether (sulfide) groups is 1. The molecule has 2 N–H and O–H groups in total. The van der Waals surface area contributed by atoms with Crippen LogP contribution in [0.2, 0.25) is 0 Å². The van der Waals surface area contributed by atoms with E-state index in [0.717, 1.165) is 17.0 Å². The Bertz CT molecular complexity index is 302. The van der Waals surface area contributed by atoms with Gasteiger partial charge in [0.05, 0.1) is 10.3 Å². The van der Waals surface area contributed by atoms with Crippen molar-refractivity contribution in [3.05, 3.63) is 23.9 Å². The van der Waals surface area contributed by atoms with Gasteiger partial charge in [-0.2, -0.15) is 0 Å². The summed E-state index contributed by atoms with van der Waals surface area (Å²) >= 11 is 1.46. The maximum Gasteiger partial charge on any atom is 0.231 e. The maximum atomic E-state index is 10.8. The van der Waals surface area contributed by atoms with E-state index in [0.29, 0.717) is 0 Å². The second kappa shape index (κ2) is 2.79. The monoisotopic (exact) mass is 180 g/mol. The molecule has 1 amide bonds. The molecule has 0 fully saturated rings. The second-order valence-corrected chi connectivity index (χ2v) is 3.87. The van der Waals surface area contributed by atoms with Gasteiger partial charge in [-0.3, -0.25) is 4.79 Å². The molecule has 2 heterocycles. The predicted octanol–water partition coefficient (Wildman–Crippen LogP) is 0.584. The van der Waals surface area contributed by atoms with Crippen LogP contribution in [0.1, 0.15) is 5.56 Å².